The Morgan fingerprint density at radius 1 is 1.67 bits per heavy atom. The summed E-state index contributed by atoms with van der Waals surface area (Å²) in [5.41, 5.74) is 8.73. The highest BCUT2D eigenvalue weighted by Crippen LogP contribution is 2.12. The molecule has 1 rings (SSSR count). The van der Waals surface area contributed by atoms with Gasteiger partial charge in [-0.25, -0.2) is 0 Å². The molecule has 0 aromatic carbocycles. The second-order valence-corrected chi connectivity index (χ2v) is 2.16. The van der Waals surface area contributed by atoms with E-state index in [1.165, 1.54) is 0 Å². The van der Waals surface area contributed by atoms with Crippen LogP contribution in [0.3, 0.4) is 0 Å². The summed E-state index contributed by atoms with van der Waals surface area (Å²) in [5.74, 6) is 0. The van der Waals surface area contributed by atoms with Gasteiger partial charge in [-0.3, -0.25) is 4.98 Å². The number of hydrogen-bond donors (Lipinski definition) is 1. The minimum Gasteiger partial charge on any atom is -0.396 e. The van der Waals surface area contributed by atoms with E-state index in [4.69, 9.17) is 10.6 Å². The highest BCUT2D eigenvalue weighted by atomic mass is 16.3. The predicted octanol–water partition coefficient (Wildman–Crippen LogP) is 1.43. The molecule has 0 amide bonds. The van der Waals surface area contributed by atoms with Crippen molar-refractivity contribution in [3.8, 4) is 0 Å². The van der Waals surface area contributed by atoms with Crippen molar-refractivity contribution in [2.45, 2.75) is 6.04 Å². The van der Waals surface area contributed by atoms with Crippen LogP contribution >= 0.6 is 0 Å². The summed E-state index contributed by atoms with van der Waals surface area (Å²) in [6.07, 6.45) is 1.59. The van der Waals surface area contributed by atoms with Crippen molar-refractivity contribution in [3.05, 3.63) is 40.5 Å². The Balaban J connectivity index is 2.87. The molecule has 1 heterocycles. The van der Waals surface area contributed by atoms with Crippen molar-refractivity contribution in [2.75, 3.05) is 6.61 Å². The Morgan fingerprint density at radius 3 is 3.00 bits per heavy atom. The first-order valence-corrected chi connectivity index (χ1v) is 3.44. The van der Waals surface area contributed by atoms with Crippen LogP contribution in [-0.4, -0.2) is 16.7 Å². The third kappa shape index (κ3) is 1.95. The number of pyridine rings is 1. The van der Waals surface area contributed by atoms with E-state index < -0.39 is 6.04 Å². The van der Waals surface area contributed by atoms with Crippen LogP contribution in [0.1, 0.15) is 11.7 Å². The van der Waals surface area contributed by atoms with E-state index in [0.717, 1.165) is 0 Å². The number of aliphatic hydroxyl groups excluding tert-OH is 1. The first-order chi connectivity index (χ1) is 5.88. The zero-order valence-corrected chi connectivity index (χ0v) is 6.33. The van der Waals surface area contributed by atoms with E-state index in [2.05, 4.69) is 15.0 Å². The van der Waals surface area contributed by atoms with Gasteiger partial charge in [0.2, 0.25) is 0 Å². The van der Waals surface area contributed by atoms with Gasteiger partial charge in [0, 0.05) is 11.1 Å². The van der Waals surface area contributed by atoms with E-state index in [-0.39, 0.29) is 6.61 Å². The average molecular weight is 164 g/mol. The Morgan fingerprint density at radius 2 is 2.50 bits per heavy atom. The maximum Gasteiger partial charge on any atom is 0.103 e. The maximum atomic E-state index is 8.81. The summed E-state index contributed by atoms with van der Waals surface area (Å²) in [6, 6.07) is 4.66. The summed E-state index contributed by atoms with van der Waals surface area (Å²) in [7, 11) is 0. The van der Waals surface area contributed by atoms with Crippen molar-refractivity contribution in [1.29, 1.82) is 0 Å². The van der Waals surface area contributed by atoms with Crippen LogP contribution in [0.2, 0.25) is 0 Å². The summed E-state index contributed by atoms with van der Waals surface area (Å²) in [6.45, 7) is -0.221. The number of hydrogen-bond acceptors (Lipinski definition) is 3. The van der Waals surface area contributed by atoms with Gasteiger partial charge in [-0.05, 0) is 17.7 Å². The van der Waals surface area contributed by atoms with Gasteiger partial charge in [0.15, 0.2) is 0 Å². The molecule has 0 spiro atoms. The van der Waals surface area contributed by atoms with Crippen LogP contribution in [0.15, 0.2) is 29.5 Å². The predicted molar refractivity (Wildman–Crippen MR) is 43.2 cm³/mol. The lowest BCUT2D eigenvalue weighted by atomic mass is 10.2. The number of aromatic nitrogens is 1. The molecule has 5 nitrogen and oxygen atoms in total. The van der Waals surface area contributed by atoms with Crippen LogP contribution in [0.4, 0.5) is 0 Å². The van der Waals surface area contributed by atoms with E-state index >= 15 is 0 Å². The first-order valence-electron chi connectivity index (χ1n) is 3.44. The van der Waals surface area contributed by atoms with Gasteiger partial charge in [-0.15, -0.1) is 0 Å². The minimum atomic E-state index is -0.573. The fraction of sp³-hybridized carbons (Fsp3) is 0.286. The Hall–Kier alpha value is -1.58. The molecular formula is C7H8N4O. The zero-order chi connectivity index (χ0) is 8.81. The average Bonchev–Trinajstić information content (AvgIpc) is 2.15. The third-order valence-electron chi connectivity index (χ3n) is 1.39. The highest BCUT2D eigenvalue weighted by molar-refractivity contribution is 5.08. The van der Waals surface area contributed by atoms with Crippen molar-refractivity contribution in [1.82, 2.24) is 4.98 Å². The molecule has 1 aromatic heterocycles. The first kappa shape index (κ1) is 8.52. The topological polar surface area (TPSA) is 81.9 Å². The van der Waals surface area contributed by atoms with E-state index in [0.29, 0.717) is 5.69 Å². The fourth-order valence-electron chi connectivity index (χ4n) is 0.825. The lowest BCUT2D eigenvalue weighted by Gasteiger charge is -2.04. The quantitative estimate of drug-likeness (QED) is 0.416. The number of nitrogens with zero attached hydrogens (tertiary/aromatic N) is 4. The van der Waals surface area contributed by atoms with Crippen LogP contribution in [0, 0.1) is 0 Å². The lowest BCUT2D eigenvalue weighted by Crippen LogP contribution is -2.01. The molecule has 0 radical (unpaired) electrons. The van der Waals surface area contributed by atoms with Crippen LogP contribution in [-0.2, 0) is 0 Å². The van der Waals surface area contributed by atoms with Crippen molar-refractivity contribution in [3.63, 3.8) is 0 Å². The van der Waals surface area contributed by atoms with Crippen LogP contribution in [0.25, 0.3) is 10.4 Å². The van der Waals surface area contributed by atoms with Gasteiger partial charge in [0.1, 0.15) is 6.04 Å². The highest BCUT2D eigenvalue weighted by Gasteiger charge is 2.07. The van der Waals surface area contributed by atoms with Gasteiger partial charge < -0.3 is 5.11 Å². The van der Waals surface area contributed by atoms with Crippen molar-refractivity contribution >= 4 is 0 Å². The molecule has 0 aliphatic heterocycles. The molecule has 0 bridgehead atoms. The number of azide groups is 1. The zero-order valence-electron chi connectivity index (χ0n) is 6.33. The number of rotatable bonds is 3. The summed E-state index contributed by atoms with van der Waals surface area (Å²) < 4.78 is 0. The molecule has 5 heteroatoms. The minimum absolute atomic E-state index is 0.221. The van der Waals surface area contributed by atoms with Gasteiger partial charge in [-0.2, -0.15) is 0 Å². The van der Waals surface area contributed by atoms with Crippen molar-refractivity contribution in [2.24, 2.45) is 5.11 Å². The lowest BCUT2D eigenvalue weighted by molar-refractivity contribution is 0.266. The fourth-order valence-corrected chi connectivity index (χ4v) is 0.825. The molecular weight excluding hydrogens is 156 g/mol. The second-order valence-electron chi connectivity index (χ2n) is 2.16. The smallest absolute Gasteiger partial charge is 0.103 e. The largest absolute Gasteiger partial charge is 0.396 e. The van der Waals surface area contributed by atoms with Crippen molar-refractivity contribution < 1.29 is 5.11 Å². The Bertz CT molecular complexity index is 281. The number of aliphatic hydroxyl groups is 1. The van der Waals surface area contributed by atoms with Gasteiger partial charge in [0.05, 0.1) is 12.3 Å². The van der Waals surface area contributed by atoms with Gasteiger partial charge in [0.25, 0.3) is 0 Å². The molecule has 0 fully saturated rings. The molecule has 1 unspecified atom stereocenters. The van der Waals surface area contributed by atoms with Gasteiger partial charge >= 0.3 is 0 Å². The summed E-state index contributed by atoms with van der Waals surface area (Å²) in [5, 5.41) is 12.2. The van der Waals surface area contributed by atoms with Crippen LogP contribution < -0.4 is 0 Å². The molecule has 1 atom stereocenters. The van der Waals surface area contributed by atoms with Crippen LogP contribution in [0.5, 0.6) is 0 Å². The normalized spacial score (nSPS) is 11.8. The molecule has 0 saturated heterocycles. The molecule has 0 saturated carbocycles. The molecule has 0 aliphatic rings. The molecule has 12 heavy (non-hydrogen) atoms. The molecule has 1 N–H and O–H groups in total. The molecule has 62 valence electrons. The van der Waals surface area contributed by atoms with E-state index in [9.17, 15) is 0 Å². The Kier molecular flexibility index (Phi) is 3.07. The van der Waals surface area contributed by atoms with E-state index in [1.807, 2.05) is 0 Å². The maximum absolute atomic E-state index is 8.81. The Labute approximate surface area is 69.3 Å². The summed E-state index contributed by atoms with van der Waals surface area (Å²) in [4.78, 5) is 6.55. The third-order valence-corrected chi connectivity index (χ3v) is 1.39. The van der Waals surface area contributed by atoms with E-state index in [1.54, 1.807) is 24.4 Å². The molecule has 1 aromatic rings. The monoisotopic (exact) mass is 164 g/mol. The standard InChI is InChI=1S/C7H8N4O/c8-11-10-7(5-12)6-3-1-2-4-9-6/h1-4,7,12H,5H2. The second kappa shape index (κ2) is 4.33. The van der Waals surface area contributed by atoms with Gasteiger partial charge in [-0.1, -0.05) is 11.2 Å². The molecule has 0 aliphatic carbocycles. The SMILES string of the molecule is [N-]=[N+]=NC(CO)c1ccccn1. The summed E-state index contributed by atoms with van der Waals surface area (Å²) >= 11 is 0.